The van der Waals surface area contributed by atoms with Gasteiger partial charge in [0.25, 0.3) is 0 Å². The molecule has 0 bridgehead atoms. The maximum atomic E-state index is 5.73. The molecular formula is C27H40N2O. The van der Waals surface area contributed by atoms with Crippen LogP contribution in [0.4, 0.5) is 0 Å². The maximum absolute atomic E-state index is 5.73. The van der Waals surface area contributed by atoms with Gasteiger partial charge >= 0.3 is 0 Å². The molecule has 0 N–H and O–H groups in total. The third-order valence-corrected chi connectivity index (χ3v) is 6.77. The summed E-state index contributed by atoms with van der Waals surface area (Å²) in [6.45, 7) is 5.31. The smallest absolute Gasteiger partial charge is 0.233 e. The Morgan fingerprint density at radius 1 is 0.800 bits per heavy atom. The lowest BCUT2D eigenvalue weighted by molar-refractivity contribution is 0.259. The molecule has 1 aliphatic rings. The van der Waals surface area contributed by atoms with E-state index in [4.69, 9.17) is 4.74 Å². The lowest BCUT2D eigenvalue weighted by Gasteiger charge is -2.27. The van der Waals surface area contributed by atoms with Crippen molar-refractivity contribution in [2.45, 2.75) is 90.9 Å². The first-order valence-electron chi connectivity index (χ1n) is 12.3. The minimum absolute atomic E-state index is 0.628. The van der Waals surface area contributed by atoms with Gasteiger partial charge in [-0.2, -0.15) is 0 Å². The number of rotatable bonds is 12. The first-order chi connectivity index (χ1) is 14.8. The summed E-state index contributed by atoms with van der Waals surface area (Å²) in [5.74, 6) is 2.55. The Labute approximate surface area is 183 Å². The Morgan fingerprint density at radius 3 is 2.20 bits per heavy atom. The number of hydrogen-bond acceptors (Lipinski definition) is 3. The second-order valence-electron chi connectivity index (χ2n) is 9.05. The molecule has 0 amide bonds. The largest absolute Gasteiger partial charge is 0.477 e. The number of unbranched alkanes of at least 4 members (excludes halogenated alkanes) is 4. The van der Waals surface area contributed by atoms with Crippen LogP contribution in [0.25, 0.3) is 11.3 Å². The van der Waals surface area contributed by atoms with Gasteiger partial charge in [0, 0.05) is 11.6 Å². The fourth-order valence-corrected chi connectivity index (χ4v) is 4.57. The van der Waals surface area contributed by atoms with Crippen LogP contribution in [-0.4, -0.2) is 16.8 Å². The summed E-state index contributed by atoms with van der Waals surface area (Å²) >= 11 is 0. The molecule has 0 saturated heterocycles. The summed E-state index contributed by atoms with van der Waals surface area (Å²) in [5, 5.41) is 8.62. The molecule has 1 fully saturated rings. The van der Waals surface area contributed by atoms with Crippen LogP contribution in [0, 0.1) is 11.8 Å². The molecular weight excluding hydrogens is 368 g/mol. The van der Waals surface area contributed by atoms with Crippen molar-refractivity contribution in [2.24, 2.45) is 11.8 Å². The van der Waals surface area contributed by atoms with Crippen LogP contribution in [-0.2, 0) is 6.42 Å². The van der Waals surface area contributed by atoms with Gasteiger partial charge in [-0.05, 0) is 42.7 Å². The molecule has 3 nitrogen and oxygen atoms in total. The molecule has 1 heterocycles. The number of nitrogens with zero attached hydrogens (tertiary/aromatic N) is 2. The van der Waals surface area contributed by atoms with Crippen molar-refractivity contribution in [1.29, 1.82) is 0 Å². The molecule has 3 rings (SSSR count). The van der Waals surface area contributed by atoms with Crippen LogP contribution >= 0.6 is 0 Å². The zero-order valence-electron chi connectivity index (χ0n) is 19.1. The minimum Gasteiger partial charge on any atom is -0.477 e. The van der Waals surface area contributed by atoms with Crippen LogP contribution < -0.4 is 4.74 Å². The molecule has 2 aromatic rings. The Kier molecular flexibility index (Phi) is 9.66. The predicted octanol–water partition coefficient (Wildman–Crippen LogP) is 7.64. The van der Waals surface area contributed by atoms with Crippen molar-refractivity contribution in [2.75, 3.05) is 6.61 Å². The van der Waals surface area contributed by atoms with Gasteiger partial charge in [-0.1, -0.05) is 95.9 Å². The zero-order chi connectivity index (χ0) is 21.0. The first kappa shape index (κ1) is 22.8. The fraction of sp³-hybridized carbons (Fsp3) is 0.630. The molecule has 1 aliphatic carbocycles. The summed E-state index contributed by atoms with van der Waals surface area (Å²) in [6.07, 6.45) is 15.8. The van der Waals surface area contributed by atoms with Crippen LogP contribution in [0.15, 0.2) is 36.4 Å². The highest BCUT2D eigenvalue weighted by atomic mass is 16.5. The van der Waals surface area contributed by atoms with Gasteiger partial charge in [0.2, 0.25) is 5.88 Å². The summed E-state index contributed by atoms with van der Waals surface area (Å²) in [5.41, 5.74) is 3.47. The summed E-state index contributed by atoms with van der Waals surface area (Å²) < 4.78 is 5.73. The standard InChI is InChI=1S/C27H40N2O/c1-3-5-6-7-8-21-30-27-20-19-26(28-29-27)25-17-15-24(16-18-25)14-13-23-11-9-22(4-2)10-12-23/h15-20,22-23H,3-14,21H2,1-2H3. The molecule has 0 aliphatic heterocycles. The molecule has 1 aromatic heterocycles. The monoisotopic (exact) mass is 408 g/mol. The molecule has 1 saturated carbocycles. The van der Waals surface area contributed by atoms with Gasteiger partial charge in [0.05, 0.1) is 12.3 Å². The van der Waals surface area contributed by atoms with Crippen LogP contribution in [0.1, 0.15) is 90.0 Å². The highest BCUT2D eigenvalue weighted by Crippen LogP contribution is 2.33. The van der Waals surface area contributed by atoms with E-state index >= 15 is 0 Å². The van der Waals surface area contributed by atoms with Gasteiger partial charge < -0.3 is 4.74 Å². The highest BCUT2D eigenvalue weighted by Gasteiger charge is 2.19. The Morgan fingerprint density at radius 2 is 1.53 bits per heavy atom. The van der Waals surface area contributed by atoms with Crippen molar-refractivity contribution in [3.05, 3.63) is 42.0 Å². The van der Waals surface area contributed by atoms with Crippen LogP contribution in [0.2, 0.25) is 0 Å². The van der Waals surface area contributed by atoms with Crippen molar-refractivity contribution < 1.29 is 4.74 Å². The summed E-state index contributed by atoms with van der Waals surface area (Å²) in [7, 11) is 0. The number of aryl methyl sites for hydroxylation is 1. The van der Waals surface area contributed by atoms with Crippen LogP contribution in [0.5, 0.6) is 5.88 Å². The molecule has 0 radical (unpaired) electrons. The van der Waals surface area contributed by atoms with Crippen molar-refractivity contribution in [3.63, 3.8) is 0 Å². The third kappa shape index (κ3) is 7.41. The lowest BCUT2D eigenvalue weighted by Crippen LogP contribution is -2.14. The first-order valence-corrected chi connectivity index (χ1v) is 12.3. The second-order valence-corrected chi connectivity index (χ2v) is 9.05. The van der Waals surface area contributed by atoms with E-state index in [0.717, 1.165) is 36.1 Å². The van der Waals surface area contributed by atoms with E-state index in [1.807, 2.05) is 12.1 Å². The van der Waals surface area contributed by atoms with E-state index in [0.29, 0.717) is 5.88 Å². The molecule has 0 unspecified atom stereocenters. The normalized spacial score (nSPS) is 19.0. The van der Waals surface area contributed by atoms with Gasteiger partial charge in [0.15, 0.2) is 0 Å². The molecule has 164 valence electrons. The second kappa shape index (κ2) is 12.7. The quantitative estimate of drug-likeness (QED) is 0.338. The van der Waals surface area contributed by atoms with E-state index < -0.39 is 0 Å². The minimum atomic E-state index is 0.628. The van der Waals surface area contributed by atoms with Crippen LogP contribution in [0.3, 0.4) is 0 Å². The lowest BCUT2D eigenvalue weighted by atomic mass is 9.78. The Balaban J connectivity index is 1.41. The maximum Gasteiger partial charge on any atom is 0.233 e. The van der Waals surface area contributed by atoms with E-state index in [-0.39, 0.29) is 0 Å². The SMILES string of the molecule is CCCCCCCOc1ccc(-c2ccc(CCC3CCC(CC)CC3)cc2)nn1. The topological polar surface area (TPSA) is 35.0 Å². The van der Waals surface area contributed by atoms with E-state index in [1.54, 1.807) is 0 Å². The number of aromatic nitrogens is 2. The van der Waals surface area contributed by atoms with E-state index in [2.05, 4.69) is 48.3 Å². The highest BCUT2D eigenvalue weighted by molar-refractivity contribution is 5.59. The number of ether oxygens (including phenoxy) is 1. The Bertz CT molecular complexity index is 703. The number of benzene rings is 1. The third-order valence-electron chi connectivity index (χ3n) is 6.77. The average Bonchev–Trinajstić information content (AvgIpc) is 2.81. The fourth-order valence-electron chi connectivity index (χ4n) is 4.57. The molecule has 0 spiro atoms. The Hall–Kier alpha value is -1.90. The summed E-state index contributed by atoms with van der Waals surface area (Å²) in [6, 6.07) is 12.8. The van der Waals surface area contributed by atoms with Gasteiger partial charge in [0.1, 0.15) is 0 Å². The molecule has 1 aromatic carbocycles. The van der Waals surface area contributed by atoms with Gasteiger partial charge in [-0.3, -0.25) is 0 Å². The molecule has 0 atom stereocenters. The van der Waals surface area contributed by atoms with Gasteiger partial charge in [-0.25, -0.2) is 0 Å². The van der Waals surface area contributed by atoms with Gasteiger partial charge in [-0.15, -0.1) is 10.2 Å². The molecule has 30 heavy (non-hydrogen) atoms. The van der Waals surface area contributed by atoms with E-state index in [1.165, 1.54) is 76.2 Å². The predicted molar refractivity (Wildman–Crippen MR) is 126 cm³/mol. The van der Waals surface area contributed by atoms with Crippen molar-refractivity contribution in [3.8, 4) is 17.1 Å². The average molecular weight is 409 g/mol. The summed E-state index contributed by atoms with van der Waals surface area (Å²) in [4.78, 5) is 0. The number of hydrogen-bond donors (Lipinski definition) is 0. The van der Waals surface area contributed by atoms with Crippen molar-refractivity contribution >= 4 is 0 Å². The van der Waals surface area contributed by atoms with Crippen molar-refractivity contribution in [1.82, 2.24) is 10.2 Å². The molecule has 3 heteroatoms. The van der Waals surface area contributed by atoms with E-state index in [9.17, 15) is 0 Å². The zero-order valence-corrected chi connectivity index (χ0v) is 19.1.